The normalized spacial score (nSPS) is 10.0. The minimum Gasteiger partial charge on any atom is -0.465 e. The minimum atomic E-state index is -0.110. The predicted octanol–water partition coefficient (Wildman–Crippen LogP) is 1.69. The van der Waals surface area contributed by atoms with Crippen molar-refractivity contribution in [2.75, 3.05) is 12.4 Å². The van der Waals surface area contributed by atoms with E-state index in [1.54, 1.807) is 11.8 Å². The van der Waals surface area contributed by atoms with Crippen LogP contribution in [-0.4, -0.2) is 23.6 Å². The van der Waals surface area contributed by atoms with Gasteiger partial charge in [0.1, 0.15) is 0 Å². The predicted molar refractivity (Wildman–Crippen MR) is 44.2 cm³/mol. The lowest BCUT2D eigenvalue weighted by Gasteiger charge is -2.03. The van der Waals surface area contributed by atoms with E-state index >= 15 is 0 Å². The van der Waals surface area contributed by atoms with E-state index in [0.29, 0.717) is 17.6 Å². The van der Waals surface area contributed by atoms with Crippen molar-refractivity contribution in [1.29, 1.82) is 0 Å². The molecule has 0 aliphatic carbocycles. The van der Waals surface area contributed by atoms with Crippen molar-refractivity contribution in [3.63, 3.8) is 0 Å². The van der Waals surface area contributed by atoms with Crippen LogP contribution in [0, 0.1) is 0 Å². The maximum Gasteiger partial charge on any atom is 0.315 e. The molecule has 0 atom stereocenters. The van der Waals surface area contributed by atoms with E-state index < -0.39 is 0 Å². The van der Waals surface area contributed by atoms with Crippen LogP contribution in [0.4, 0.5) is 0 Å². The average molecular weight is 162 g/mol. The van der Waals surface area contributed by atoms with Crippen molar-refractivity contribution >= 4 is 17.7 Å². The van der Waals surface area contributed by atoms with Crippen LogP contribution >= 0.6 is 11.8 Å². The van der Waals surface area contributed by atoms with Crippen LogP contribution in [0.25, 0.3) is 0 Å². The molecule has 0 spiro atoms. The highest BCUT2D eigenvalue weighted by Crippen LogP contribution is 2.08. The second-order valence-electron chi connectivity index (χ2n) is 2.16. The SMILES string of the molecule is CCOC(=O)CSC(C)C. The molecule has 60 valence electrons. The van der Waals surface area contributed by atoms with E-state index in [4.69, 9.17) is 4.74 Å². The maximum atomic E-state index is 10.7. The molecule has 0 N–H and O–H groups in total. The van der Waals surface area contributed by atoms with Gasteiger partial charge in [-0.3, -0.25) is 4.79 Å². The summed E-state index contributed by atoms with van der Waals surface area (Å²) in [5, 5.41) is 0.504. The fourth-order valence-corrected chi connectivity index (χ4v) is 0.990. The average Bonchev–Trinajstić information content (AvgIpc) is 1.85. The molecule has 10 heavy (non-hydrogen) atoms. The molecule has 0 bridgehead atoms. The fraction of sp³-hybridized carbons (Fsp3) is 0.857. The van der Waals surface area contributed by atoms with Crippen LogP contribution in [0.2, 0.25) is 0 Å². The highest BCUT2D eigenvalue weighted by molar-refractivity contribution is 8.00. The Morgan fingerprint density at radius 1 is 1.60 bits per heavy atom. The summed E-state index contributed by atoms with van der Waals surface area (Å²) in [4.78, 5) is 10.7. The smallest absolute Gasteiger partial charge is 0.315 e. The number of hydrogen-bond acceptors (Lipinski definition) is 3. The Balaban J connectivity index is 3.22. The molecular weight excluding hydrogens is 148 g/mol. The van der Waals surface area contributed by atoms with Gasteiger partial charge in [0, 0.05) is 0 Å². The Bertz CT molecular complexity index is 102. The maximum absolute atomic E-state index is 10.7. The lowest BCUT2D eigenvalue weighted by molar-refractivity contribution is -0.139. The molecular formula is C7H14O2S. The zero-order valence-electron chi connectivity index (χ0n) is 6.72. The third-order valence-corrected chi connectivity index (χ3v) is 1.91. The number of carbonyl (C=O) groups excluding carboxylic acids is 1. The summed E-state index contributed by atoms with van der Waals surface area (Å²) >= 11 is 1.60. The summed E-state index contributed by atoms with van der Waals surface area (Å²) in [6.07, 6.45) is 0. The number of ether oxygens (including phenoxy) is 1. The summed E-state index contributed by atoms with van der Waals surface area (Å²) in [5.74, 6) is 0.368. The van der Waals surface area contributed by atoms with Gasteiger partial charge >= 0.3 is 5.97 Å². The van der Waals surface area contributed by atoms with Gasteiger partial charge in [-0.2, -0.15) is 0 Å². The second kappa shape index (κ2) is 5.59. The van der Waals surface area contributed by atoms with Gasteiger partial charge in [-0.15, -0.1) is 11.8 Å². The first-order valence-electron chi connectivity index (χ1n) is 3.44. The van der Waals surface area contributed by atoms with Crippen LogP contribution in [0.3, 0.4) is 0 Å². The number of esters is 1. The molecule has 0 fully saturated rings. The fourth-order valence-electron chi connectivity index (χ4n) is 0.437. The van der Waals surface area contributed by atoms with E-state index in [2.05, 4.69) is 13.8 Å². The van der Waals surface area contributed by atoms with Crippen molar-refractivity contribution in [3.8, 4) is 0 Å². The van der Waals surface area contributed by atoms with Crippen molar-refractivity contribution in [2.45, 2.75) is 26.0 Å². The van der Waals surface area contributed by atoms with E-state index in [0.717, 1.165) is 0 Å². The van der Waals surface area contributed by atoms with Crippen molar-refractivity contribution < 1.29 is 9.53 Å². The first-order chi connectivity index (χ1) is 4.66. The Morgan fingerprint density at radius 2 is 2.20 bits per heavy atom. The van der Waals surface area contributed by atoms with Gasteiger partial charge in [0.2, 0.25) is 0 Å². The Hall–Kier alpha value is -0.180. The zero-order valence-corrected chi connectivity index (χ0v) is 7.53. The van der Waals surface area contributed by atoms with Crippen molar-refractivity contribution in [3.05, 3.63) is 0 Å². The highest BCUT2D eigenvalue weighted by atomic mass is 32.2. The molecule has 0 radical (unpaired) electrons. The van der Waals surface area contributed by atoms with Crippen LogP contribution in [0.1, 0.15) is 20.8 Å². The highest BCUT2D eigenvalue weighted by Gasteiger charge is 2.02. The molecule has 3 heteroatoms. The van der Waals surface area contributed by atoms with E-state index in [-0.39, 0.29) is 5.97 Å². The number of rotatable bonds is 4. The third kappa shape index (κ3) is 5.95. The topological polar surface area (TPSA) is 26.3 Å². The largest absolute Gasteiger partial charge is 0.465 e. The van der Waals surface area contributed by atoms with Crippen LogP contribution < -0.4 is 0 Å². The van der Waals surface area contributed by atoms with Gasteiger partial charge in [0.15, 0.2) is 0 Å². The first kappa shape index (κ1) is 9.82. The summed E-state index contributed by atoms with van der Waals surface area (Å²) in [6.45, 7) is 6.42. The van der Waals surface area contributed by atoms with Crippen molar-refractivity contribution in [2.24, 2.45) is 0 Å². The minimum absolute atomic E-state index is 0.110. The Morgan fingerprint density at radius 3 is 2.60 bits per heavy atom. The summed E-state index contributed by atoms with van der Waals surface area (Å²) < 4.78 is 4.73. The molecule has 0 saturated carbocycles. The summed E-state index contributed by atoms with van der Waals surface area (Å²) in [7, 11) is 0. The lowest BCUT2D eigenvalue weighted by Crippen LogP contribution is -2.08. The molecule has 0 aromatic rings. The molecule has 0 saturated heterocycles. The van der Waals surface area contributed by atoms with Gasteiger partial charge < -0.3 is 4.74 Å². The molecule has 0 aromatic carbocycles. The van der Waals surface area contributed by atoms with Gasteiger partial charge in [-0.05, 0) is 12.2 Å². The lowest BCUT2D eigenvalue weighted by atomic mass is 10.6. The number of carbonyl (C=O) groups is 1. The molecule has 0 aliphatic heterocycles. The van der Waals surface area contributed by atoms with E-state index in [9.17, 15) is 4.79 Å². The van der Waals surface area contributed by atoms with E-state index in [1.165, 1.54) is 0 Å². The van der Waals surface area contributed by atoms with Crippen LogP contribution in [-0.2, 0) is 9.53 Å². The molecule has 0 aliphatic rings. The van der Waals surface area contributed by atoms with Crippen molar-refractivity contribution in [1.82, 2.24) is 0 Å². The van der Waals surface area contributed by atoms with E-state index in [1.807, 2.05) is 6.92 Å². The standard InChI is InChI=1S/C7H14O2S/c1-4-9-7(8)5-10-6(2)3/h6H,4-5H2,1-3H3. The monoisotopic (exact) mass is 162 g/mol. The number of hydrogen-bond donors (Lipinski definition) is 0. The van der Waals surface area contributed by atoms with Gasteiger partial charge in [0.25, 0.3) is 0 Å². The molecule has 0 heterocycles. The molecule has 0 unspecified atom stereocenters. The zero-order chi connectivity index (χ0) is 7.98. The molecule has 0 rings (SSSR count). The molecule has 0 aromatic heterocycles. The summed E-state index contributed by atoms with van der Waals surface area (Å²) in [6, 6.07) is 0. The molecule has 0 amide bonds. The van der Waals surface area contributed by atoms with Gasteiger partial charge in [-0.1, -0.05) is 13.8 Å². The Kier molecular flexibility index (Phi) is 5.49. The summed E-state index contributed by atoms with van der Waals surface area (Å²) in [5.41, 5.74) is 0. The van der Waals surface area contributed by atoms with Gasteiger partial charge in [0.05, 0.1) is 12.4 Å². The Labute approximate surface area is 66.3 Å². The van der Waals surface area contributed by atoms with Gasteiger partial charge in [-0.25, -0.2) is 0 Å². The quantitative estimate of drug-likeness (QED) is 0.588. The number of thioether (sulfide) groups is 1. The van der Waals surface area contributed by atoms with Crippen LogP contribution in [0.5, 0.6) is 0 Å². The van der Waals surface area contributed by atoms with Crippen LogP contribution in [0.15, 0.2) is 0 Å². The second-order valence-corrected chi connectivity index (χ2v) is 3.73. The molecule has 2 nitrogen and oxygen atoms in total. The third-order valence-electron chi connectivity index (χ3n) is 0.840. The first-order valence-corrected chi connectivity index (χ1v) is 4.49.